The van der Waals surface area contributed by atoms with Gasteiger partial charge in [-0.15, -0.1) is 0 Å². The molecule has 1 aromatic heterocycles. The zero-order valence-electron chi connectivity index (χ0n) is 11.9. The minimum Gasteiger partial charge on any atom is -0.296 e. The predicted molar refractivity (Wildman–Crippen MR) is 77.2 cm³/mol. The van der Waals surface area contributed by atoms with Crippen molar-refractivity contribution >= 4 is 11.6 Å². The van der Waals surface area contributed by atoms with Gasteiger partial charge in [0.1, 0.15) is 0 Å². The zero-order valence-corrected chi connectivity index (χ0v) is 11.9. The number of hydrogen-bond acceptors (Lipinski definition) is 2. The fourth-order valence-electron chi connectivity index (χ4n) is 2.47. The molecule has 0 saturated carbocycles. The maximum Gasteiger partial charge on any atom is 0.330 e. The van der Waals surface area contributed by atoms with Crippen LogP contribution in [-0.2, 0) is 14.1 Å². The van der Waals surface area contributed by atoms with E-state index in [0.717, 1.165) is 21.3 Å². The lowest BCUT2D eigenvalue weighted by Crippen LogP contribution is -2.57. The molecule has 19 heavy (non-hydrogen) atoms. The SMILES string of the molecule is CC1=C/C(C)=c2/c(=O)n(C)c(=O)n(C)/c2=C/C(C)=C\1. The number of allylic oxidation sites excluding steroid dienone is 4. The molecule has 0 fully saturated rings. The van der Waals surface area contributed by atoms with E-state index in [-0.39, 0.29) is 11.2 Å². The van der Waals surface area contributed by atoms with Gasteiger partial charge in [-0.1, -0.05) is 17.7 Å². The van der Waals surface area contributed by atoms with E-state index in [2.05, 4.69) is 0 Å². The highest BCUT2D eigenvalue weighted by atomic mass is 16.2. The topological polar surface area (TPSA) is 44.0 Å². The Hall–Kier alpha value is -2.10. The van der Waals surface area contributed by atoms with Crippen molar-refractivity contribution in [3.63, 3.8) is 0 Å². The summed E-state index contributed by atoms with van der Waals surface area (Å²) in [5.74, 6) is 0. The molecule has 0 bridgehead atoms. The lowest BCUT2D eigenvalue weighted by molar-refractivity contribution is 0.659. The first kappa shape index (κ1) is 13.3. The van der Waals surface area contributed by atoms with Crippen molar-refractivity contribution in [3.05, 3.63) is 54.7 Å². The van der Waals surface area contributed by atoms with Crippen LogP contribution in [0.1, 0.15) is 20.8 Å². The Bertz CT molecular complexity index is 846. The van der Waals surface area contributed by atoms with Crippen molar-refractivity contribution in [2.45, 2.75) is 20.8 Å². The van der Waals surface area contributed by atoms with Gasteiger partial charge in [-0.3, -0.25) is 13.9 Å². The van der Waals surface area contributed by atoms with Crippen LogP contribution in [0.2, 0.25) is 0 Å². The van der Waals surface area contributed by atoms with E-state index in [1.165, 1.54) is 11.6 Å². The third-order valence-electron chi connectivity index (χ3n) is 3.37. The summed E-state index contributed by atoms with van der Waals surface area (Å²) in [7, 11) is 3.20. The molecule has 0 amide bonds. The Morgan fingerprint density at radius 1 is 0.842 bits per heavy atom. The second-order valence-electron chi connectivity index (χ2n) is 5.07. The van der Waals surface area contributed by atoms with Crippen LogP contribution in [0.25, 0.3) is 11.6 Å². The molecular formula is C15H18N2O2. The zero-order chi connectivity index (χ0) is 14.3. The van der Waals surface area contributed by atoms with E-state index in [0.29, 0.717) is 10.6 Å². The Labute approximate surface area is 111 Å². The molecular weight excluding hydrogens is 240 g/mol. The summed E-state index contributed by atoms with van der Waals surface area (Å²) in [6.07, 6.45) is 5.90. The lowest BCUT2D eigenvalue weighted by atomic mass is 10.1. The summed E-state index contributed by atoms with van der Waals surface area (Å²) in [6, 6.07) is 0. The average molecular weight is 258 g/mol. The summed E-state index contributed by atoms with van der Waals surface area (Å²) in [5, 5.41) is 1.26. The van der Waals surface area contributed by atoms with Crippen LogP contribution in [-0.4, -0.2) is 9.13 Å². The van der Waals surface area contributed by atoms with Crippen molar-refractivity contribution in [3.8, 4) is 0 Å². The summed E-state index contributed by atoms with van der Waals surface area (Å²) < 4.78 is 2.67. The van der Waals surface area contributed by atoms with Gasteiger partial charge in [-0.25, -0.2) is 4.79 Å². The smallest absolute Gasteiger partial charge is 0.296 e. The van der Waals surface area contributed by atoms with Gasteiger partial charge in [0.2, 0.25) is 0 Å². The van der Waals surface area contributed by atoms with Gasteiger partial charge in [0.25, 0.3) is 5.56 Å². The van der Waals surface area contributed by atoms with E-state index in [9.17, 15) is 9.59 Å². The van der Waals surface area contributed by atoms with Crippen LogP contribution >= 0.6 is 0 Å². The van der Waals surface area contributed by atoms with E-state index < -0.39 is 0 Å². The molecule has 0 unspecified atom stereocenters. The fraction of sp³-hybridized carbons (Fsp3) is 0.333. The van der Waals surface area contributed by atoms with Gasteiger partial charge >= 0.3 is 5.69 Å². The molecule has 0 aromatic carbocycles. The number of aromatic nitrogens is 2. The molecule has 0 spiro atoms. The van der Waals surface area contributed by atoms with Gasteiger partial charge in [0.15, 0.2) is 0 Å². The molecule has 0 atom stereocenters. The van der Waals surface area contributed by atoms with Crippen LogP contribution in [0.3, 0.4) is 0 Å². The van der Waals surface area contributed by atoms with Crippen molar-refractivity contribution in [1.82, 2.24) is 9.13 Å². The molecule has 1 heterocycles. The van der Waals surface area contributed by atoms with Crippen LogP contribution in [0.15, 0.2) is 32.9 Å². The molecule has 1 aromatic rings. The number of nitrogens with zero attached hydrogens (tertiary/aromatic N) is 2. The van der Waals surface area contributed by atoms with Crippen molar-refractivity contribution in [2.24, 2.45) is 14.1 Å². The fourth-order valence-corrected chi connectivity index (χ4v) is 2.47. The highest BCUT2D eigenvalue weighted by Crippen LogP contribution is 2.07. The third-order valence-corrected chi connectivity index (χ3v) is 3.37. The minimum atomic E-state index is -0.304. The lowest BCUT2D eigenvalue weighted by Gasteiger charge is -2.08. The molecule has 0 aliphatic heterocycles. The summed E-state index contributed by atoms with van der Waals surface area (Å²) >= 11 is 0. The van der Waals surface area contributed by atoms with Crippen molar-refractivity contribution in [1.29, 1.82) is 0 Å². The van der Waals surface area contributed by atoms with Crippen molar-refractivity contribution in [2.75, 3.05) is 0 Å². The van der Waals surface area contributed by atoms with Gasteiger partial charge in [0.05, 0.1) is 10.6 Å². The van der Waals surface area contributed by atoms with E-state index in [1.54, 1.807) is 7.05 Å². The van der Waals surface area contributed by atoms with E-state index in [1.807, 2.05) is 39.0 Å². The predicted octanol–water partition coefficient (Wildman–Crippen LogP) is -0.0587. The summed E-state index contributed by atoms with van der Waals surface area (Å²) in [6.45, 7) is 5.86. The Morgan fingerprint density at radius 2 is 1.42 bits per heavy atom. The normalized spacial score (nSPS) is 25.0. The molecule has 0 N–H and O–H groups in total. The second kappa shape index (κ2) is 4.53. The molecule has 4 nitrogen and oxygen atoms in total. The largest absolute Gasteiger partial charge is 0.330 e. The van der Waals surface area contributed by atoms with Crippen LogP contribution in [0, 0.1) is 0 Å². The second-order valence-corrected chi connectivity index (χ2v) is 5.07. The average Bonchev–Trinajstić information content (AvgIpc) is 2.31. The van der Waals surface area contributed by atoms with Gasteiger partial charge in [-0.05, 0) is 38.0 Å². The quantitative estimate of drug-likeness (QED) is 0.654. The summed E-state index contributed by atoms with van der Waals surface area (Å²) in [4.78, 5) is 24.3. The van der Waals surface area contributed by atoms with E-state index in [4.69, 9.17) is 0 Å². The Balaban J connectivity index is 3.24. The molecule has 2 rings (SSSR count). The third kappa shape index (κ3) is 2.14. The monoisotopic (exact) mass is 258 g/mol. The number of fused-ring (bicyclic) bond motifs is 1. The van der Waals surface area contributed by atoms with Gasteiger partial charge < -0.3 is 0 Å². The van der Waals surface area contributed by atoms with Crippen LogP contribution < -0.4 is 21.8 Å². The highest BCUT2D eigenvalue weighted by molar-refractivity contribution is 5.61. The van der Waals surface area contributed by atoms with Gasteiger partial charge in [0, 0.05) is 14.1 Å². The first-order valence-corrected chi connectivity index (χ1v) is 6.18. The molecule has 0 radical (unpaired) electrons. The summed E-state index contributed by atoms with van der Waals surface area (Å²) in [5.41, 5.74) is 2.44. The molecule has 100 valence electrons. The Morgan fingerprint density at radius 3 is 2.05 bits per heavy atom. The maximum atomic E-state index is 12.3. The molecule has 4 heteroatoms. The maximum absolute atomic E-state index is 12.3. The molecule has 0 saturated heterocycles. The van der Waals surface area contributed by atoms with E-state index >= 15 is 0 Å². The first-order valence-electron chi connectivity index (χ1n) is 6.18. The van der Waals surface area contributed by atoms with Crippen LogP contribution in [0.5, 0.6) is 0 Å². The standard InChI is InChI=1S/C15H18N2O2/c1-9-6-10(2)8-12-13(11(3)7-9)14(18)17(5)15(19)16(12)4/h6-8H,1-5H3/b9-6?,9-7-,10-6-,10-8?,11-7?,12-8+,13-11+. The molecule has 1 aliphatic carbocycles. The van der Waals surface area contributed by atoms with Gasteiger partial charge in [-0.2, -0.15) is 0 Å². The highest BCUT2D eigenvalue weighted by Gasteiger charge is 2.08. The first-order chi connectivity index (χ1) is 8.82. The number of hydrogen-bond donors (Lipinski definition) is 0. The minimum absolute atomic E-state index is 0.245. The number of rotatable bonds is 0. The Kier molecular flexibility index (Phi) is 3.18. The molecule has 1 aliphatic rings. The van der Waals surface area contributed by atoms with Crippen molar-refractivity contribution < 1.29 is 0 Å². The van der Waals surface area contributed by atoms with Crippen LogP contribution in [0.4, 0.5) is 0 Å².